The number of aromatic carboxylic acids is 1. The molecule has 3 heterocycles. The van der Waals surface area contributed by atoms with Gasteiger partial charge in [0.05, 0.1) is 29.6 Å². The normalized spacial score (nSPS) is 12.9. The maximum Gasteiger partial charge on any atom is 0.419 e. The maximum atomic E-state index is 14.0. The van der Waals surface area contributed by atoms with Crippen molar-refractivity contribution >= 4 is 17.0 Å². The fourth-order valence-electron chi connectivity index (χ4n) is 3.03. The van der Waals surface area contributed by atoms with E-state index in [1.807, 2.05) is 0 Å². The summed E-state index contributed by atoms with van der Waals surface area (Å²) in [5.41, 5.74) is -1.10. The van der Waals surface area contributed by atoms with Crippen LogP contribution in [-0.2, 0) is 6.18 Å². The summed E-state index contributed by atoms with van der Waals surface area (Å²) in [4.78, 5) is 19.0. The van der Waals surface area contributed by atoms with Crippen LogP contribution in [0.4, 0.5) is 17.6 Å². The van der Waals surface area contributed by atoms with Crippen molar-refractivity contribution in [3.63, 3.8) is 0 Å². The minimum Gasteiger partial charge on any atom is -0.492 e. The van der Waals surface area contributed by atoms with E-state index in [0.29, 0.717) is 6.07 Å². The van der Waals surface area contributed by atoms with Crippen molar-refractivity contribution in [3.8, 4) is 11.8 Å². The van der Waals surface area contributed by atoms with Gasteiger partial charge in [-0.15, -0.1) is 0 Å². The molecule has 1 atom stereocenters. The highest BCUT2D eigenvalue weighted by molar-refractivity contribution is 5.87. The quantitative estimate of drug-likeness (QED) is 0.472. The Hall–Kier alpha value is -4.03. The van der Waals surface area contributed by atoms with E-state index in [1.54, 1.807) is 6.92 Å². The van der Waals surface area contributed by atoms with Gasteiger partial charge in [0.1, 0.15) is 16.9 Å². The molecule has 31 heavy (non-hydrogen) atoms. The molecule has 9 nitrogen and oxygen atoms in total. The summed E-state index contributed by atoms with van der Waals surface area (Å²) in [7, 11) is 0. The van der Waals surface area contributed by atoms with Gasteiger partial charge in [-0.1, -0.05) is 6.07 Å². The lowest BCUT2D eigenvalue weighted by atomic mass is 10.1. The molecule has 0 fully saturated rings. The molecule has 0 aliphatic heterocycles. The van der Waals surface area contributed by atoms with Crippen molar-refractivity contribution < 1.29 is 32.6 Å². The van der Waals surface area contributed by atoms with E-state index < -0.39 is 35.4 Å². The number of hydrogen-bond acceptors (Lipinski definition) is 6. The van der Waals surface area contributed by atoms with E-state index in [2.05, 4.69) is 20.2 Å². The fourth-order valence-corrected chi connectivity index (χ4v) is 3.03. The highest BCUT2D eigenvalue weighted by Gasteiger charge is 2.34. The van der Waals surface area contributed by atoms with Crippen LogP contribution in [0, 0.1) is 5.82 Å². The first kappa shape index (κ1) is 20.3. The van der Waals surface area contributed by atoms with Crippen LogP contribution in [0.15, 0.2) is 36.8 Å². The topological polar surface area (TPSA) is 119 Å². The predicted molar refractivity (Wildman–Crippen MR) is 96.3 cm³/mol. The van der Waals surface area contributed by atoms with Crippen LogP contribution in [0.1, 0.15) is 34.5 Å². The summed E-state index contributed by atoms with van der Waals surface area (Å²) in [5.74, 6) is -3.28. The molecule has 0 amide bonds. The Bertz CT molecular complexity index is 1310. The molecule has 0 saturated carbocycles. The smallest absolute Gasteiger partial charge is 0.419 e. The maximum absolute atomic E-state index is 14.0. The molecular weight excluding hydrogens is 424 g/mol. The van der Waals surface area contributed by atoms with Gasteiger partial charge in [-0.2, -0.15) is 28.4 Å². The lowest BCUT2D eigenvalue weighted by Crippen LogP contribution is -2.12. The zero-order chi connectivity index (χ0) is 22.5. The Labute approximate surface area is 170 Å². The lowest BCUT2D eigenvalue weighted by Gasteiger charge is -2.16. The Kier molecular flexibility index (Phi) is 4.60. The molecule has 0 saturated heterocycles. The number of carboxylic acids is 1. The molecule has 13 heteroatoms. The molecule has 0 radical (unpaired) electrons. The SMILES string of the molecule is C[C@H](c1ccc(C(F)(F)F)c(F)c1)n1ncc2nc(-n3cc(C(=O)O)cn3)nc(O)c21. The Balaban J connectivity index is 1.74. The molecule has 3 aromatic heterocycles. The van der Waals surface area contributed by atoms with Gasteiger partial charge >= 0.3 is 12.1 Å². The Morgan fingerprint density at radius 3 is 2.52 bits per heavy atom. The molecule has 1 aromatic carbocycles. The summed E-state index contributed by atoms with van der Waals surface area (Å²) in [5, 5.41) is 27.3. The molecule has 4 rings (SSSR count). The van der Waals surface area contributed by atoms with E-state index >= 15 is 0 Å². The first-order valence-corrected chi connectivity index (χ1v) is 8.65. The Morgan fingerprint density at radius 1 is 1.16 bits per heavy atom. The Morgan fingerprint density at radius 2 is 1.90 bits per heavy atom. The molecule has 0 bridgehead atoms. The van der Waals surface area contributed by atoms with Crippen molar-refractivity contribution in [2.24, 2.45) is 0 Å². The summed E-state index contributed by atoms with van der Waals surface area (Å²) in [6, 6.07) is 1.75. The zero-order valence-corrected chi connectivity index (χ0v) is 15.5. The first-order valence-electron chi connectivity index (χ1n) is 8.65. The number of hydrogen-bond donors (Lipinski definition) is 2. The second kappa shape index (κ2) is 7.04. The molecule has 0 spiro atoms. The van der Waals surface area contributed by atoms with Crippen molar-refractivity contribution in [2.75, 3.05) is 0 Å². The summed E-state index contributed by atoms with van der Waals surface area (Å²) >= 11 is 0. The summed E-state index contributed by atoms with van der Waals surface area (Å²) in [6.07, 6.45) is -1.31. The van der Waals surface area contributed by atoms with E-state index in [-0.39, 0.29) is 28.1 Å². The monoisotopic (exact) mass is 436 g/mol. The highest BCUT2D eigenvalue weighted by atomic mass is 19.4. The van der Waals surface area contributed by atoms with E-state index in [9.17, 15) is 27.5 Å². The van der Waals surface area contributed by atoms with Crippen LogP contribution in [0.5, 0.6) is 5.88 Å². The number of alkyl halides is 3. The number of benzene rings is 1. The van der Waals surface area contributed by atoms with Crippen LogP contribution in [0.25, 0.3) is 17.0 Å². The molecule has 0 aliphatic carbocycles. The molecule has 0 aliphatic rings. The van der Waals surface area contributed by atoms with Gasteiger partial charge in [0.2, 0.25) is 5.88 Å². The number of carboxylic acid groups (broad SMARTS) is 1. The van der Waals surface area contributed by atoms with Gasteiger partial charge in [0.15, 0.2) is 0 Å². The highest BCUT2D eigenvalue weighted by Crippen LogP contribution is 2.34. The molecule has 0 unspecified atom stereocenters. The van der Waals surface area contributed by atoms with Crippen molar-refractivity contribution in [1.82, 2.24) is 29.5 Å². The molecule has 160 valence electrons. The fraction of sp³-hybridized carbons (Fsp3) is 0.167. The first-order chi connectivity index (χ1) is 14.6. The van der Waals surface area contributed by atoms with Gasteiger partial charge in [-0.05, 0) is 24.6 Å². The molecule has 4 aromatic rings. The molecule has 2 N–H and O–H groups in total. The number of aromatic nitrogens is 6. The van der Waals surface area contributed by atoms with E-state index in [1.165, 1.54) is 10.9 Å². The van der Waals surface area contributed by atoms with Crippen molar-refractivity contribution in [3.05, 3.63) is 59.3 Å². The number of fused-ring (bicyclic) bond motifs is 1. The van der Waals surface area contributed by atoms with Crippen LogP contribution in [0.3, 0.4) is 0 Å². The van der Waals surface area contributed by atoms with Gasteiger partial charge in [-0.3, -0.25) is 4.68 Å². The predicted octanol–water partition coefficient (Wildman–Crippen LogP) is 3.18. The second-order valence-corrected chi connectivity index (χ2v) is 6.56. The zero-order valence-electron chi connectivity index (χ0n) is 15.5. The minimum atomic E-state index is -4.82. The van der Waals surface area contributed by atoms with Crippen LogP contribution in [0.2, 0.25) is 0 Å². The number of nitrogens with zero attached hydrogens (tertiary/aromatic N) is 6. The van der Waals surface area contributed by atoms with Crippen molar-refractivity contribution in [1.29, 1.82) is 0 Å². The third-order valence-corrected chi connectivity index (χ3v) is 4.60. The lowest BCUT2D eigenvalue weighted by molar-refractivity contribution is -0.140. The minimum absolute atomic E-state index is 0.0576. The number of aromatic hydroxyl groups is 1. The van der Waals surface area contributed by atoms with E-state index in [4.69, 9.17) is 5.11 Å². The average molecular weight is 436 g/mol. The number of carbonyl (C=O) groups is 1. The van der Waals surface area contributed by atoms with Gasteiger partial charge < -0.3 is 10.2 Å². The largest absolute Gasteiger partial charge is 0.492 e. The second-order valence-electron chi connectivity index (χ2n) is 6.56. The van der Waals surface area contributed by atoms with Crippen LogP contribution in [-0.4, -0.2) is 45.7 Å². The third kappa shape index (κ3) is 3.53. The van der Waals surface area contributed by atoms with Crippen LogP contribution < -0.4 is 0 Å². The molecular formula is C18H12F4N6O3. The standard InChI is InChI=1S/C18H12F4N6O3/c1-8(9-2-3-11(12(19)4-9)18(20,21)22)28-14-13(6-24-28)25-17(26-15(14)29)27-7-10(5-23-27)16(30)31/h2-8H,1H3,(H,30,31)(H,25,26,29)/t8-/m1/s1. The number of rotatable bonds is 4. The average Bonchev–Trinajstić information content (AvgIpc) is 3.34. The van der Waals surface area contributed by atoms with E-state index in [0.717, 1.165) is 29.2 Å². The summed E-state index contributed by atoms with van der Waals surface area (Å²) in [6.45, 7) is 1.55. The van der Waals surface area contributed by atoms with Gasteiger partial charge in [-0.25, -0.2) is 18.9 Å². The van der Waals surface area contributed by atoms with Gasteiger partial charge in [0.25, 0.3) is 5.95 Å². The number of halogens is 4. The van der Waals surface area contributed by atoms with Crippen LogP contribution >= 0.6 is 0 Å². The van der Waals surface area contributed by atoms with Gasteiger partial charge in [0, 0.05) is 6.20 Å². The third-order valence-electron chi connectivity index (χ3n) is 4.60. The summed E-state index contributed by atoms with van der Waals surface area (Å²) < 4.78 is 54.6. The van der Waals surface area contributed by atoms with Crippen molar-refractivity contribution in [2.45, 2.75) is 19.1 Å².